The molecular formula is C21H20F3NO5. The summed E-state index contributed by atoms with van der Waals surface area (Å²) in [6, 6.07) is 13.5. The zero-order valence-corrected chi connectivity index (χ0v) is 15.7. The largest absolute Gasteiger partial charge is 0.480 e. The average Bonchev–Trinajstić information content (AvgIpc) is 2.98. The van der Waals surface area contributed by atoms with E-state index in [1.54, 1.807) is 0 Å². The van der Waals surface area contributed by atoms with Gasteiger partial charge in [0.15, 0.2) is 0 Å². The molecule has 0 heterocycles. The Labute approximate surface area is 170 Å². The van der Waals surface area contributed by atoms with Gasteiger partial charge in [0.2, 0.25) is 0 Å². The highest BCUT2D eigenvalue weighted by atomic mass is 19.4. The SMILES string of the molecule is O=C(NC(CC(O)CC(F)(F)F)C(=O)O)OCC1c2ccccc2-c2ccccc21. The number of aliphatic carboxylic acids is 1. The topological polar surface area (TPSA) is 95.9 Å². The maximum absolute atomic E-state index is 12.3. The Bertz CT molecular complexity index is 885. The summed E-state index contributed by atoms with van der Waals surface area (Å²) in [6.07, 6.45) is -10.0. The number of hydrogen-bond acceptors (Lipinski definition) is 4. The van der Waals surface area contributed by atoms with Gasteiger partial charge in [0, 0.05) is 12.3 Å². The molecule has 3 N–H and O–H groups in total. The molecule has 0 bridgehead atoms. The number of fused-ring (bicyclic) bond motifs is 3. The number of aliphatic hydroxyl groups is 1. The van der Waals surface area contributed by atoms with Crippen LogP contribution in [-0.2, 0) is 9.53 Å². The van der Waals surface area contributed by atoms with Crippen molar-refractivity contribution < 1.29 is 37.7 Å². The van der Waals surface area contributed by atoms with E-state index in [0.717, 1.165) is 22.3 Å². The summed E-state index contributed by atoms with van der Waals surface area (Å²) in [6.45, 7) is -0.0721. The highest BCUT2D eigenvalue weighted by molar-refractivity contribution is 5.81. The lowest BCUT2D eigenvalue weighted by Crippen LogP contribution is -2.44. The number of nitrogens with one attached hydrogen (secondary N) is 1. The van der Waals surface area contributed by atoms with Crippen LogP contribution in [0, 0.1) is 0 Å². The number of aliphatic hydroxyl groups excluding tert-OH is 1. The lowest BCUT2D eigenvalue weighted by atomic mass is 9.98. The van der Waals surface area contributed by atoms with Crippen LogP contribution in [0.15, 0.2) is 48.5 Å². The fraction of sp³-hybridized carbons (Fsp3) is 0.333. The number of alkyl carbamates (subject to hydrolysis) is 1. The first-order chi connectivity index (χ1) is 14.2. The molecule has 0 saturated heterocycles. The summed E-state index contributed by atoms with van der Waals surface area (Å²) in [5.74, 6) is -1.81. The van der Waals surface area contributed by atoms with E-state index in [1.165, 1.54) is 0 Å². The Kier molecular flexibility index (Phi) is 6.31. The van der Waals surface area contributed by atoms with Gasteiger partial charge < -0.3 is 20.3 Å². The summed E-state index contributed by atoms with van der Waals surface area (Å²) in [5.41, 5.74) is 3.95. The summed E-state index contributed by atoms with van der Waals surface area (Å²) >= 11 is 0. The van der Waals surface area contributed by atoms with Gasteiger partial charge in [-0.05, 0) is 22.3 Å². The number of hydrogen-bond donors (Lipinski definition) is 3. The molecule has 6 nitrogen and oxygen atoms in total. The van der Waals surface area contributed by atoms with E-state index in [0.29, 0.717) is 0 Å². The first-order valence-corrected chi connectivity index (χ1v) is 9.25. The number of benzene rings is 2. The molecule has 0 aromatic heterocycles. The minimum absolute atomic E-state index is 0.0721. The normalized spacial score (nSPS) is 15.1. The molecule has 0 fully saturated rings. The number of ether oxygens (including phenoxy) is 1. The summed E-state index contributed by atoms with van der Waals surface area (Å²) in [4.78, 5) is 23.4. The molecule has 2 aromatic rings. The van der Waals surface area contributed by atoms with Crippen molar-refractivity contribution in [2.75, 3.05) is 6.61 Å². The molecule has 2 atom stereocenters. The molecule has 3 rings (SSSR count). The number of carbonyl (C=O) groups excluding carboxylic acids is 1. The summed E-state index contributed by atoms with van der Waals surface area (Å²) in [7, 11) is 0. The highest BCUT2D eigenvalue weighted by Gasteiger charge is 2.34. The van der Waals surface area contributed by atoms with Crippen molar-refractivity contribution in [3.8, 4) is 11.1 Å². The smallest absolute Gasteiger partial charge is 0.407 e. The molecule has 9 heteroatoms. The third-order valence-corrected chi connectivity index (χ3v) is 4.91. The van der Waals surface area contributed by atoms with Crippen molar-refractivity contribution in [2.24, 2.45) is 0 Å². The van der Waals surface area contributed by atoms with Crippen LogP contribution in [0.3, 0.4) is 0 Å². The van der Waals surface area contributed by atoms with E-state index in [-0.39, 0.29) is 12.5 Å². The molecule has 2 aromatic carbocycles. The zero-order valence-electron chi connectivity index (χ0n) is 15.7. The van der Waals surface area contributed by atoms with E-state index < -0.39 is 43.2 Å². The van der Waals surface area contributed by atoms with Crippen molar-refractivity contribution in [1.82, 2.24) is 5.32 Å². The van der Waals surface area contributed by atoms with Crippen LogP contribution in [0.25, 0.3) is 11.1 Å². The van der Waals surface area contributed by atoms with Crippen LogP contribution in [-0.4, -0.2) is 47.2 Å². The lowest BCUT2D eigenvalue weighted by molar-refractivity contribution is -0.157. The molecule has 0 radical (unpaired) electrons. The quantitative estimate of drug-likeness (QED) is 0.632. The van der Waals surface area contributed by atoms with Crippen molar-refractivity contribution in [2.45, 2.75) is 37.1 Å². The monoisotopic (exact) mass is 423 g/mol. The van der Waals surface area contributed by atoms with Crippen LogP contribution < -0.4 is 5.32 Å². The summed E-state index contributed by atoms with van der Waals surface area (Å²) < 4.78 is 42.2. The maximum Gasteiger partial charge on any atom is 0.407 e. The minimum atomic E-state index is -4.65. The van der Waals surface area contributed by atoms with Crippen LogP contribution in [0.1, 0.15) is 29.9 Å². The number of halogens is 3. The molecule has 2 unspecified atom stereocenters. The van der Waals surface area contributed by atoms with Crippen LogP contribution in [0.5, 0.6) is 0 Å². The number of carboxylic acid groups (broad SMARTS) is 1. The summed E-state index contributed by atoms with van der Waals surface area (Å²) in [5, 5.41) is 20.6. The molecule has 1 aliphatic rings. The predicted molar refractivity (Wildman–Crippen MR) is 101 cm³/mol. The second-order valence-corrected chi connectivity index (χ2v) is 7.07. The maximum atomic E-state index is 12.3. The van der Waals surface area contributed by atoms with Gasteiger partial charge in [-0.1, -0.05) is 48.5 Å². The Morgan fingerprint density at radius 2 is 1.57 bits per heavy atom. The second kappa shape index (κ2) is 8.74. The van der Waals surface area contributed by atoms with E-state index >= 15 is 0 Å². The van der Waals surface area contributed by atoms with E-state index in [9.17, 15) is 27.9 Å². The predicted octanol–water partition coefficient (Wildman–Crippen LogP) is 3.68. The van der Waals surface area contributed by atoms with E-state index in [2.05, 4.69) is 0 Å². The Morgan fingerprint density at radius 1 is 1.03 bits per heavy atom. The first-order valence-electron chi connectivity index (χ1n) is 9.25. The van der Waals surface area contributed by atoms with Crippen molar-refractivity contribution in [3.63, 3.8) is 0 Å². The highest BCUT2D eigenvalue weighted by Crippen LogP contribution is 2.44. The standard InChI is InChI=1S/C21H20F3NO5/c22-21(23,24)10-12(26)9-18(19(27)28)25-20(29)30-11-17-15-7-3-1-5-13(15)14-6-2-4-8-16(14)17/h1-8,12,17-18,26H,9-11H2,(H,25,29)(H,27,28). The van der Waals surface area contributed by atoms with E-state index in [4.69, 9.17) is 9.84 Å². The fourth-order valence-corrected chi connectivity index (χ4v) is 3.63. The van der Waals surface area contributed by atoms with Crippen LogP contribution in [0.4, 0.5) is 18.0 Å². The van der Waals surface area contributed by atoms with Crippen LogP contribution >= 0.6 is 0 Å². The van der Waals surface area contributed by atoms with Gasteiger partial charge in [0.25, 0.3) is 0 Å². The van der Waals surface area contributed by atoms with Gasteiger partial charge in [-0.15, -0.1) is 0 Å². The molecule has 0 aliphatic heterocycles. The Balaban J connectivity index is 1.63. The second-order valence-electron chi connectivity index (χ2n) is 7.07. The molecule has 30 heavy (non-hydrogen) atoms. The Hall–Kier alpha value is -3.07. The minimum Gasteiger partial charge on any atom is -0.480 e. The van der Waals surface area contributed by atoms with E-state index in [1.807, 2.05) is 53.8 Å². The van der Waals surface area contributed by atoms with Gasteiger partial charge in [-0.25, -0.2) is 9.59 Å². The van der Waals surface area contributed by atoms with Crippen molar-refractivity contribution >= 4 is 12.1 Å². The third kappa shape index (κ3) is 5.10. The third-order valence-electron chi connectivity index (χ3n) is 4.91. The average molecular weight is 423 g/mol. The lowest BCUT2D eigenvalue weighted by Gasteiger charge is -2.20. The van der Waals surface area contributed by atoms with Gasteiger partial charge in [0.05, 0.1) is 12.5 Å². The zero-order chi connectivity index (χ0) is 21.9. The van der Waals surface area contributed by atoms with Crippen molar-refractivity contribution in [1.29, 1.82) is 0 Å². The van der Waals surface area contributed by atoms with Crippen molar-refractivity contribution in [3.05, 3.63) is 59.7 Å². The number of carbonyl (C=O) groups is 2. The molecule has 0 saturated carbocycles. The number of carboxylic acids is 1. The molecule has 1 amide bonds. The Morgan fingerprint density at radius 3 is 2.07 bits per heavy atom. The number of amides is 1. The molecule has 160 valence electrons. The number of alkyl halides is 3. The van der Waals surface area contributed by atoms with Gasteiger partial charge in [0.1, 0.15) is 12.6 Å². The fourth-order valence-electron chi connectivity index (χ4n) is 3.63. The van der Waals surface area contributed by atoms with Crippen LogP contribution in [0.2, 0.25) is 0 Å². The van der Waals surface area contributed by atoms with Gasteiger partial charge in [-0.2, -0.15) is 13.2 Å². The molecular weight excluding hydrogens is 403 g/mol. The molecule has 0 spiro atoms. The van der Waals surface area contributed by atoms with Gasteiger partial charge >= 0.3 is 18.2 Å². The molecule has 1 aliphatic carbocycles. The number of rotatable bonds is 7. The first kappa shape index (κ1) is 21.6. The van der Waals surface area contributed by atoms with Gasteiger partial charge in [-0.3, -0.25) is 0 Å².